The van der Waals surface area contributed by atoms with E-state index in [9.17, 15) is 5.26 Å². The minimum atomic E-state index is 0.179. The summed E-state index contributed by atoms with van der Waals surface area (Å²) in [6, 6.07) is 3.00. The average Bonchev–Trinajstić information content (AvgIpc) is 2.45. The quantitative estimate of drug-likeness (QED) is 0.718. The third kappa shape index (κ3) is 3.55. The molecule has 0 aromatic carbocycles. The summed E-state index contributed by atoms with van der Waals surface area (Å²) in [7, 11) is 2.22. The van der Waals surface area contributed by atoms with E-state index >= 15 is 0 Å². The molecule has 20 heavy (non-hydrogen) atoms. The van der Waals surface area contributed by atoms with E-state index in [2.05, 4.69) is 59.6 Å². The molecule has 1 saturated carbocycles. The Bertz CT molecular complexity index is 351. The van der Waals surface area contributed by atoms with Crippen LogP contribution >= 0.6 is 0 Å². The molecule has 1 fully saturated rings. The van der Waals surface area contributed by atoms with Crippen LogP contribution in [0.2, 0.25) is 0 Å². The molecule has 0 heterocycles. The molecule has 1 rings (SSSR count). The van der Waals surface area contributed by atoms with E-state index in [0.717, 1.165) is 18.8 Å². The van der Waals surface area contributed by atoms with Gasteiger partial charge in [-0.25, -0.2) is 0 Å². The van der Waals surface area contributed by atoms with Gasteiger partial charge in [0.05, 0.1) is 12.0 Å². The van der Waals surface area contributed by atoms with Gasteiger partial charge in [0.15, 0.2) is 0 Å². The summed E-state index contributed by atoms with van der Waals surface area (Å²) in [5.74, 6) is 0.951. The second kappa shape index (κ2) is 6.48. The molecular weight excluding hydrogens is 244 g/mol. The highest BCUT2D eigenvalue weighted by atomic mass is 15.2. The molecule has 3 atom stereocenters. The van der Waals surface area contributed by atoms with Crippen molar-refractivity contribution >= 4 is 0 Å². The molecule has 0 saturated heterocycles. The number of nitriles is 1. The molecule has 0 aromatic heterocycles. The van der Waals surface area contributed by atoms with Crippen molar-refractivity contribution < 1.29 is 0 Å². The van der Waals surface area contributed by atoms with Crippen molar-refractivity contribution in [2.24, 2.45) is 17.3 Å². The molecule has 0 aromatic rings. The van der Waals surface area contributed by atoms with Gasteiger partial charge in [-0.1, -0.05) is 34.1 Å². The van der Waals surface area contributed by atoms with Crippen LogP contribution in [0.4, 0.5) is 0 Å². The number of hydrogen-bond donors (Lipinski definition) is 0. The second-order valence-corrected chi connectivity index (χ2v) is 7.93. The largest absolute Gasteiger partial charge is 0.297 e. The molecule has 0 amide bonds. The zero-order valence-electron chi connectivity index (χ0n) is 14.7. The van der Waals surface area contributed by atoms with Crippen LogP contribution < -0.4 is 0 Å². The van der Waals surface area contributed by atoms with Crippen LogP contribution in [0, 0.1) is 28.6 Å². The third-order valence-corrected chi connectivity index (χ3v) is 6.32. The number of hydrogen-bond acceptors (Lipinski definition) is 2. The van der Waals surface area contributed by atoms with E-state index in [4.69, 9.17) is 0 Å². The molecule has 0 bridgehead atoms. The Morgan fingerprint density at radius 2 is 1.70 bits per heavy atom. The van der Waals surface area contributed by atoms with Crippen LogP contribution in [0.15, 0.2) is 0 Å². The molecule has 1 aliphatic rings. The predicted octanol–water partition coefficient (Wildman–Crippen LogP) is 4.85. The van der Waals surface area contributed by atoms with Gasteiger partial charge in [0.2, 0.25) is 0 Å². The molecule has 3 unspecified atom stereocenters. The van der Waals surface area contributed by atoms with Gasteiger partial charge in [0.1, 0.15) is 0 Å². The van der Waals surface area contributed by atoms with Crippen molar-refractivity contribution in [3.63, 3.8) is 0 Å². The Labute approximate surface area is 126 Å². The van der Waals surface area contributed by atoms with Crippen molar-refractivity contribution in [2.75, 3.05) is 7.05 Å². The normalized spacial score (nSPS) is 28.4. The third-order valence-electron chi connectivity index (χ3n) is 6.32. The van der Waals surface area contributed by atoms with Crippen LogP contribution in [-0.2, 0) is 0 Å². The van der Waals surface area contributed by atoms with Gasteiger partial charge < -0.3 is 0 Å². The van der Waals surface area contributed by atoms with Gasteiger partial charge in [0, 0.05) is 11.6 Å². The van der Waals surface area contributed by atoms with Gasteiger partial charge in [0.25, 0.3) is 0 Å². The van der Waals surface area contributed by atoms with E-state index in [1.165, 1.54) is 19.3 Å². The summed E-state index contributed by atoms with van der Waals surface area (Å²) in [5.41, 5.74) is 0.577. The van der Waals surface area contributed by atoms with E-state index < -0.39 is 0 Å². The smallest absolute Gasteiger partial charge is 0.0672 e. The van der Waals surface area contributed by atoms with Gasteiger partial charge in [-0.05, 0) is 57.9 Å². The predicted molar refractivity (Wildman–Crippen MR) is 86.4 cm³/mol. The molecule has 2 nitrogen and oxygen atoms in total. The number of rotatable bonds is 5. The van der Waals surface area contributed by atoms with Crippen molar-refractivity contribution in [1.29, 1.82) is 5.26 Å². The topological polar surface area (TPSA) is 27.0 Å². The first kappa shape index (κ1) is 17.5. The summed E-state index contributed by atoms with van der Waals surface area (Å²) in [4.78, 5) is 2.48. The van der Waals surface area contributed by atoms with Crippen molar-refractivity contribution in [1.82, 2.24) is 4.90 Å². The monoisotopic (exact) mass is 278 g/mol. The van der Waals surface area contributed by atoms with Crippen LogP contribution in [0.1, 0.15) is 73.6 Å². The lowest BCUT2D eigenvalue weighted by molar-refractivity contribution is 0.0132. The molecule has 1 aliphatic carbocycles. The molecule has 0 N–H and O–H groups in total. The molecule has 116 valence electrons. The van der Waals surface area contributed by atoms with Gasteiger partial charge >= 0.3 is 0 Å². The fourth-order valence-corrected chi connectivity index (χ4v) is 3.42. The maximum absolute atomic E-state index is 9.52. The zero-order valence-corrected chi connectivity index (χ0v) is 14.7. The summed E-state index contributed by atoms with van der Waals surface area (Å²) in [5, 5.41) is 9.52. The Morgan fingerprint density at radius 1 is 1.10 bits per heavy atom. The van der Waals surface area contributed by atoms with E-state index in [0.29, 0.717) is 11.5 Å². The van der Waals surface area contributed by atoms with Crippen LogP contribution in [0.5, 0.6) is 0 Å². The van der Waals surface area contributed by atoms with Crippen LogP contribution in [-0.4, -0.2) is 23.5 Å². The highest BCUT2D eigenvalue weighted by Crippen LogP contribution is 2.44. The Kier molecular flexibility index (Phi) is 5.67. The lowest BCUT2D eigenvalue weighted by atomic mass is 9.65. The summed E-state index contributed by atoms with van der Waals surface area (Å²) in [6.07, 6.45) is 5.82. The summed E-state index contributed by atoms with van der Waals surface area (Å²) < 4.78 is 0. The second-order valence-electron chi connectivity index (χ2n) is 7.93. The van der Waals surface area contributed by atoms with Crippen molar-refractivity contribution in [2.45, 2.75) is 85.2 Å². The standard InChI is InChI=1S/C18H34N2/c1-8-17(3,4)15-11-10-14(13-19)16(12-15)20(7)18(5,6)9-2/h14-16H,8-12H2,1-7H3. The highest BCUT2D eigenvalue weighted by molar-refractivity contribution is 5.01. The number of nitrogens with zero attached hydrogens (tertiary/aromatic N) is 2. The fourth-order valence-electron chi connectivity index (χ4n) is 3.42. The maximum Gasteiger partial charge on any atom is 0.0672 e. The van der Waals surface area contributed by atoms with Crippen LogP contribution in [0.3, 0.4) is 0 Å². The van der Waals surface area contributed by atoms with Gasteiger partial charge in [-0.3, -0.25) is 4.90 Å². The molecular formula is C18H34N2. The minimum absolute atomic E-state index is 0.179. The molecule has 0 aliphatic heterocycles. The van der Waals surface area contributed by atoms with E-state index in [1.54, 1.807) is 0 Å². The van der Waals surface area contributed by atoms with E-state index in [-0.39, 0.29) is 11.5 Å². The van der Waals surface area contributed by atoms with Crippen LogP contribution in [0.25, 0.3) is 0 Å². The highest BCUT2D eigenvalue weighted by Gasteiger charge is 2.41. The Balaban J connectivity index is 2.93. The first-order chi connectivity index (χ1) is 9.19. The molecule has 0 radical (unpaired) electrons. The average molecular weight is 278 g/mol. The van der Waals surface area contributed by atoms with E-state index in [1.807, 2.05) is 0 Å². The molecule has 0 spiro atoms. The zero-order chi connectivity index (χ0) is 15.6. The van der Waals surface area contributed by atoms with Gasteiger partial charge in [-0.15, -0.1) is 0 Å². The van der Waals surface area contributed by atoms with Crippen molar-refractivity contribution in [3.05, 3.63) is 0 Å². The first-order valence-corrected chi connectivity index (χ1v) is 8.32. The van der Waals surface area contributed by atoms with Gasteiger partial charge in [-0.2, -0.15) is 5.26 Å². The Hall–Kier alpha value is -0.550. The minimum Gasteiger partial charge on any atom is -0.297 e. The lowest BCUT2D eigenvalue weighted by Gasteiger charge is -2.48. The molecule has 2 heteroatoms. The lowest BCUT2D eigenvalue weighted by Crippen LogP contribution is -2.52. The fraction of sp³-hybridized carbons (Fsp3) is 0.944. The maximum atomic E-state index is 9.52. The summed E-state index contributed by atoms with van der Waals surface area (Å²) in [6.45, 7) is 13.9. The summed E-state index contributed by atoms with van der Waals surface area (Å²) >= 11 is 0. The SMILES string of the molecule is CCC(C)(C)C1CCC(C#N)C(N(C)C(C)(C)CC)C1. The van der Waals surface area contributed by atoms with Crippen molar-refractivity contribution in [3.8, 4) is 6.07 Å². The first-order valence-electron chi connectivity index (χ1n) is 8.32. The Morgan fingerprint density at radius 3 is 2.15 bits per heavy atom.